The molecule has 1 aromatic carbocycles. The van der Waals surface area contributed by atoms with Crippen LogP contribution in [0.1, 0.15) is 52.0 Å². The lowest BCUT2D eigenvalue weighted by Crippen LogP contribution is -2.46. The number of benzene rings is 1. The molecule has 2 aliphatic heterocycles. The van der Waals surface area contributed by atoms with E-state index >= 15 is 0 Å². The number of nitrogens with zero attached hydrogens (tertiary/aromatic N) is 2. The molecule has 1 aromatic rings. The Bertz CT molecular complexity index is 822. The van der Waals surface area contributed by atoms with Crippen LogP contribution in [0.4, 0.5) is 0 Å². The van der Waals surface area contributed by atoms with Crippen molar-refractivity contribution in [2.24, 2.45) is 5.41 Å². The van der Waals surface area contributed by atoms with Gasteiger partial charge in [0.15, 0.2) is 6.61 Å². The molecule has 2 saturated heterocycles. The molecule has 0 N–H and O–H groups in total. The van der Waals surface area contributed by atoms with Crippen LogP contribution in [0, 0.1) is 12.3 Å². The fourth-order valence-electron chi connectivity index (χ4n) is 4.35. The van der Waals surface area contributed by atoms with Crippen LogP contribution >= 0.6 is 0 Å². The number of esters is 1. The lowest BCUT2D eigenvalue weighted by atomic mass is 9.78. The second-order valence-corrected chi connectivity index (χ2v) is 9.76. The molecule has 0 aliphatic carbocycles. The first kappa shape index (κ1) is 23.1. The van der Waals surface area contributed by atoms with Gasteiger partial charge in [-0.1, -0.05) is 18.2 Å². The van der Waals surface area contributed by atoms with E-state index in [4.69, 9.17) is 9.47 Å². The molecule has 0 atom stereocenters. The topological polar surface area (TPSA) is 76.2 Å². The van der Waals surface area contributed by atoms with E-state index in [1.54, 1.807) is 25.7 Å². The molecule has 0 unspecified atom stereocenters. The lowest BCUT2D eigenvalue weighted by Gasteiger charge is -2.39. The fourth-order valence-corrected chi connectivity index (χ4v) is 4.35. The number of carbonyl (C=O) groups excluding carboxylic acids is 3. The maximum absolute atomic E-state index is 12.6. The van der Waals surface area contributed by atoms with Crippen molar-refractivity contribution >= 4 is 17.8 Å². The number of piperidine rings is 1. The van der Waals surface area contributed by atoms with Gasteiger partial charge in [-0.15, -0.1) is 0 Å². The number of hydrogen-bond donors (Lipinski definition) is 0. The summed E-state index contributed by atoms with van der Waals surface area (Å²) in [5.41, 5.74) is 0.457. The van der Waals surface area contributed by atoms with Gasteiger partial charge in [0.1, 0.15) is 17.8 Å². The molecule has 0 aromatic heterocycles. The van der Waals surface area contributed by atoms with E-state index in [9.17, 15) is 14.4 Å². The van der Waals surface area contributed by atoms with Crippen LogP contribution in [0.15, 0.2) is 24.3 Å². The number of likely N-dealkylation sites (tertiary alicyclic amines) is 2. The Balaban J connectivity index is 1.44. The first-order valence-electron chi connectivity index (χ1n) is 11.0. The summed E-state index contributed by atoms with van der Waals surface area (Å²) in [7, 11) is 0. The largest absolute Gasteiger partial charge is 0.484 e. The summed E-state index contributed by atoms with van der Waals surface area (Å²) in [5, 5.41) is 0. The molecule has 2 heterocycles. The van der Waals surface area contributed by atoms with Gasteiger partial charge in [0.2, 0.25) is 5.91 Å². The lowest BCUT2D eigenvalue weighted by molar-refractivity contribution is -0.158. The summed E-state index contributed by atoms with van der Waals surface area (Å²) in [5.74, 6) is 0.0806. The second-order valence-electron chi connectivity index (χ2n) is 9.76. The normalized spacial score (nSPS) is 18.2. The van der Waals surface area contributed by atoms with Crippen LogP contribution in [0.3, 0.4) is 0 Å². The summed E-state index contributed by atoms with van der Waals surface area (Å²) in [6.07, 6.45) is 2.42. The minimum atomic E-state index is -0.591. The third-order valence-corrected chi connectivity index (χ3v) is 6.13. The van der Waals surface area contributed by atoms with Crippen molar-refractivity contribution in [1.29, 1.82) is 0 Å². The van der Waals surface area contributed by atoms with Crippen molar-refractivity contribution in [2.45, 2.75) is 59.0 Å². The van der Waals surface area contributed by atoms with Gasteiger partial charge in [-0.3, -0.25) is 14.4 Å². The molecular formula is C24H34N2O5. The maximum atomic E-state index is 12.6. The number of rotatable bonds is 5. The molecule has 1 spiro atoms. The van der Waals surface area contributed by atoms with Gasteiger partial charge in [0, 0.05) is 26.2 Å². The molecule has 0 saturated carbocycles. The molecule has 7 nitrogen and oxygen atoms in total. The van der Waals surface area contributed by atoms with E-state index in [-0.39, 0.29) is 30.3 Å². The summed E-state index contributed by atoms with van der Waals surface area (Å²) in [4.78, 5) is 40.7. The highest BCUT2D eigenvalue weighted by molar-refractivity contribution is 5.94. The first-order valence-corrected chi connectivity index (χ1v) is 11.0. The Morgan fingerprint density at radius 1 is 0.968 bits per heavy atom. The minimum Gasteiger partial charge on any atom is -0.484 e. The summed E-state index contributed by atoms with van der Waals surface area (Å²) >= 11 is 0. The van der Waals surface area contributed by atoms with Crippen molar-refractivity contribution in [1.82, 2.24) is 9.80 Å². The molecular weight excluding hydrogens is 396 g/mol. The van der Waals surface area contributed by atoms with Crippen molar-refractivity contribution in [3.05, 3.63) is 29.8 Å². The Morgan fingerprint density at radius 2 is 1.58 bits per heavy atom. The van der Waals surface area contributed by atoms with Gasteiger partial charge in [-0.05, 0) is 64.0 Å². The van der Waals surface area contributed by atoms with Crippen LogP contribution < -0.4 is 4.74 Å². The molecule has 31 heavy (non-hydrogen) atoms. The van der Waals surface area contributed by atoms with E-state index in [1.165, 1.54) is 0 Å². The van der Waals surface area contributed by atoms with Crippen LogP contribution in [0.5, 0.6) is 5.75 Å². The van der Waals surface area contributed by atoms with Crippen LogP contribution in [-0.4, -0.2) is 66.0 Å². The third kappa shape index (κ3) is 6.21. The number of aryl methyl sites for hydroxylation is 1. The molecule has 0 radical (unpaired) electrons. The molecule has 170 valence electrons. The zero-order valence-electron chi connectivity index (χ0n) is 19.1. The second kappa shape index (κ2) is 9.28. The average molecular weight is 431 g/mol. The van der Waals surface area contributed by atoms with Crippen molar-refractivity contribution in [3.8, 4) is 5.75 Å². The highest BCUT2D eigenvalue weighted by Gasteiger charge is 2.43. The van der Waals surface area contributed by atoms with Gasteiger partial charge in [-0.25, -0.2) is 0 Å². The Morgan fingerprint density at radius 3 is 2.19 bits per heavy atom. The van der Waals surface area contributed by atoms with Gasteiger partial charge < -0.3 is 19.3 Å². The van der Waals surface area contributed by atoms with Gasteiger partial charge in [0.05, 0.1) is 0 Å². The predicted octanol–water partition coefficient (Wildman–Crippen LogP) is 2.95. The van der Waals surface area contributed by atoms with Gasteiger partial charge in [0.25, 0.3) is 5.91 Å². The molecule has 2 fully saturated rings. The maximum Gasteiger partial charge on any atom is 0.315 e. The van der Waals surface area contributed by atoms with E-state index in [1.807, 2.05) is 36.1 Å². The number of amides is 2. The summed E-state index contributed by atoms with van der Waals surface area (Å²) in [6, 6.07) is 7.67. The number of ether oxygens (including phenoxy) is 2. The zero-order chi connectivity index (χ0) is 22.6. The highest BCUT2D eigenvalue weighted by atomic mass is 16.6. The van der Waals surface area contributed by atoms with Crippen molar-refractivity contribution in [2.75, 3.05) is 32.8 Å². The van der Waals surface area contributed by atoms with E-state index in [2.05, 4.69) is 0 Å². The van der Waals surface area contributed by atoms with E-state index < -0.39 is 11.6 Å². The van der Waals surface area contributed by atoms with Crippen LogP contribution in [-0.2, 0) is 19.1 Å². The number of carbonyl (C=O) groups is 3. The summed E-state index contributed by atoms with van der Waals surface area (Å²) in [6.45, 7) is 10.0. The highest BCUT2D eigenvalue weighted by Crippen LogP contribution is 2.40. The molecule has 7 heteroatoms. The average Bonchev–Trinajstić information content (AvgIpc) is 3.10. The van der Waals surface area contributed by atoms with Gasteiger partial charge >= 0.3 is 5.97 Å². The van der Waals surface area contributed by atoms with E-state index in [0.29, 0.717) is 26.2 Å². The van der Waals surface area contributed by atoms with Crippen LogP contribution in [0.2, 0.25) is 0 Å². The number of hydrogen-bond acceptors (Lipinski definition) is 5. The Kier molecular flexibility index (Phi) is 6.92. The van der Waals surface area contributed by atoms with Crippen LogP contribution in [0.25, 0.3) is 0 Å². The standard InChI is InChI=1S/C24H34N2O5/c1-18-7-5-6-8-19(18)30-16-21(28)25-12-9-24(10-13-25)11-14-26(17-24)20(27)15-22(29)31-23(2,3)4/h5-8H,9-17H2,1-4H3. The van der Waals surface area contributed by atoms with Crippen molar-refractivity contribution < 1.29 is 23.9 Å². The third-order valence-electron chi connectivity index (χ3n) is 6.13. The smallest absolute Gasteiger partial charge is 0.315 e. The number of para-hydroxylation sites is 1. The SMILES string of the molecule is Cc1ccccc1OCC(=O)N1CCC2(CC1)CCN(C(=O)CC(=O)OC(C)(C)C)C2. The predicted molar refractivity (Wildman–Crippen MR) is 117 cm³/mol. The summed E-state index contributed by atoms with van der Waals surface area (Å²) < 4.78 is 11.0. The Hall–Kier alpha value is -2.57. The fraction of sp³-hybridized carbons (Fsp3) is 0.625. The molecule has 2 aliphatic rings. The quantitative estimate of drug-likeness (QED) is 0.530. The zero-order valence-corrected chi connectivity index (χ0v) is 19.1. The minimum absolute atomic E-state index is 0.00559. The van der Waals surface area contributed by atoms with Gasteiger partial charge in [-0.2, -0.15) is 0 Å². The molecule has 3 rings (SSSR count). The molecule has 0 bridgehead atoms. The monoisotopic (exact) mass is 430 g/mol. The van der Waals surface area contributed by atoms with Crippen molar-refractivity contribution in [3.63, 3.8) is 0 Å². The van der Waals surface area contributed by atoms with E-state index in [0.717, 1.165) is 30.6 Å². The first-order chi connectivity index (χ1) is 14.6. The molecule has 2 amide bonds. The Labute approximate surface area is 184 Å².